The van der Waals surface area contributed by atoms with E-state index in [9.17, 15) is 9.59 Å². The molecule has 1 aliphatic carbocycles. The minimum Gasteiger partial charge on any atom is -0.375 e. The van der Waals surface area contributed by atoms with Crippen molar-refractivity contribution in [2.75, 3.05) is 19.0 Å². The predicted octanol–water partition coefficient (Wildman–Crippen LogP) is 3.86. The van der Waals surface area contributed by atoms with Crippen LogP contribution in [0.15, 0.2) is 12.1 Å². The van der Waals surface area contributed by atoms with Crippen molar-refractivity contribution in [2.45, 2.75) is 32.2 Å². The topological polar surface area (TPSA) is 67.4 Å². The van der Waals surface area contributed by atoms with Crippen molar-refractivity contribution in [3.63, 3.8) is 0 Å². The first kappa shape index (κ1) is 18.4. The Balaban J connectivity index is 1.80. The number of methoxy groups -OCH3 is 1. The second kappa shape index (κ2) is 8.31. The second-order valence-corrected chi connectivity index (χ2v) is 8.69. The van der Waals surface area contributed by atoms with Gasteiger partial charge in [0, 0.05) is 16.9 Å². The van der Waals surface area contributed by atoms with Crippen LogP contribution < -0.4 is 10.6 Å². The predicted molar refractivity (Wildman–Crippen MR) is 102 cm³/mol. The molecular formula is C17H19ClN2O3S2. The highest BCUT2D eigenvalue weighted by Crippen LogP contribution is 2.38. The minimum absolute atomic E-state index is 0.0304. The molecule has 0 saturated heterocycles. The number of halogens is 1. The first-order valence-corrected chi connectivity index (χ1v) is 10.1. The number of fused-ring (bicyclic) bond motifs is 1. The Labute approximate surface area is 159 Å². The first-order valence-electron chi connectivity index (χ1n) is 8.04. The van der Waals surface area contributed by atoms with Crippen molar-refractivity contribution < 1.29 is 14.3 Å². The molecule has 2 aromatic heterocycles. The Morgan fingerprint density at radius 3 is 2.76 bits per heavy atom. The maximum Gasteiger partial charge on any atom is 0.254 e. The average Bonchev–Trinajstić information content (AvgIpc) is 3.15. The highest BCUT2D eigenvalue weighted by molar-refractivity contribution is 7.17. The number of hydrogen-bond acceptors (Lipinski definition) is 5. The molecular weight excluding hydrogens is 380 g/mol. The summed E-state index contributed by atoms with van der Waals surface area (Å²) in [5, 5.41) is 6.40. The van der Waals surface area contributed by atoms with E-state index in [4.69, 9.17) is 16.3 Å². The molecule has 25 heavy (non-hydrogen) atoms. The largest absolute Gasteiger partial charge is 0.375 e. The van der Waals surface area contributed by atoms with Crippen molar-refractivity contribution >= 4 is 51.1 Å². The van der Waals surface area contributed by atoms with E-state index < -0.39 is 0 Å². The highest BCUT2D eigenvalue weighted by Gasteiger charge is 2.26. The molecule has 0 atom stereocenters. The molecule has 0 spiro atoms. The molecule has 0 aliphatic heterocycles. The molecule has 2 heterocycles. The lowest BCUT2D eigenvalue weighted by Gasteiger charge is -2.13. The number of nitrogens with one attached hydrogen (secondary N) is 2. The third kappa shape index (κ3) is 4.41. The van der Waals surface area contributed by atoms with Gasteiger partial charge in [-0.25, -0.2) is 0 Å². The number of amides is 2. The van der Waals surface area contributed by atoms with Gasteiger partial charge >= 0.3 is 0 Å². The molecule has 0 saturated carbocycles. The van der Waals surface area contributed by atoms with Crippen molar-refractivity contribution in [1.29, 1.82) is 0 Å². The van der Waals surface area contributed by atoms with E-state index in [1.54, 1.807) is 0 Å². The van der Waals surface area contributed by atoms with E-state index >= 15 is 0 Å². The first-order chi connectivity index (χ1) is 12.1. The van der Waals surface area contributed by atoms with Crippen molar-refractivity contribution in [2.24, 2.45) is 0 Å². The van der Waals surface area contributed by atoms with Crippen molar-refractivity contribution in [3.05, 3.63) is 37.4 Å². The van der Waals surface area contributed by atoms with E-state index in [0.29, 0.717) is 21.4 Å². The van der Waals surface area contributed by atoms with E-state index in [-0.39, 0.29) is 18.4 Å². The smallest absolute Gasteiger partial charge is 0.254 e. The lowest BCUT2D eigenvalue weighted by atomic mass is 9.95. The standard InChI is InChI=1S/C17H19ClN2O3S2/c1-23-9-14(21)20-17-15(11-4-2-3-5-12(11)25-17)16(22)19-8-10-6-7-13(18)24-10/h6-7H,2-5,8-9H2,1H3,(H,19,22)(H,20,21). The molecule has 0 bridgehead atoms. The molecule has 0 fully saturated rings. The van der Waals surface area contributed by atoms with Crippen molar-refractivity contribution in [3.8, 4) is 0 Å². The fourth-order valence-electron chi connectivity index (χ4n) is 2.89. The summed E-state index contributed by atoms with van der Waals surface area (Å²) in [6.07, 6.45) is 4.02. The zero-order valence-electron chi connectivity index (χ0n) is 13.8. The van der Waals surface area contributed by atoms with Crippen LogP contribution >= 0.6 is 34.3 Å². The van der Waals surface area contributed by atoms with Crippen LogP contribution in [0.1, 0.15) is 38.5 Å². The van der Waals surface area contributed by atoms with Crippen LogP contribution in [-0.2, 0) is 28.9 Å². The van der Waals surface area contributed by atoms with E-state index in [1.165, 1.54) is 34.7 Å². The highest BCUT2D eigenvalue weighted by atomic mass is 35.5. The van der Waals surface area contributed by atoms with Crippen LogP contribution in [0.4, 0.5) is 5.00 Å². The average molecular weight is 399 g/mol. The maximum absolute atomic E-state index is 12.8. The number of carbonyl (C=O) groups excluding carboxylic acids is 2. The van der Waals surface area contributed by atoms with E-state index in [0.717, 1.165) is 36.1 Å². The lowest BCUT2D eigenvalue weighted by molar-refractivity contribution is -0.119. The van der Waals surface area contributed by atoms with Gasteiger partial charge in [0.05, 0.1) is 16.4 Å². The van der Waals surface area contributed by atoms with E-state index in [1.807, 2.05) is 12.1 Å². The zero-order chi connectivity index (χ0) is 17.8. The number of thiophene rings is 2. The molecule has 2 aromatic rings. The maximum atomic E-state index is 12.8. The van der Waals surface area contributed by atoms with Crippen LogP contribution in [0, 0.1) is 0 Å². The van der Waals surface area contributed by atoms with Crippen LogP contribution in [0.5, 0.6) is 0 Å². The Bertz CT molecular complexity index is 785. The molecule has 8 heteroatoms. The number of anilines is 1. The molecule has 0 radical (unpaired) electrons. The number of ether oxygens (including phenoxy) is 1. The van der Waals surface area contributed by atoms with Gasteiger partial charge in [0.2, 0.25) is 0 Å². The SMILES string of the molecule is COCC(=O)Nc1sc2c(c1C(=O)NCc1ccc(Cl)s1)CCCC2. The Kier molecular flexibility index (Phi) is 6.11. The summed E-state index contributed by atoms with van der Waals surface area (Å²) in [6, 6.07) is 3.72. The summed E-state index contributed by atoms with van der Waals surface area (Å²) in [6.45, 7) is 0.392. The number of hydrogen-bond donors (Lipinski definition) is 2. The summed E-state index contributed by atoms with van der Waals surface area (Å²) < 4.78 is 5.57. The van der Waals surface area contributed by atoms with Gasteiger partial charge in [-0.15, -0.1) is 22.7 Å². The summed E-state index contributed by atoms with van der Waals surface area (Å²) in [5.74, 6) is -0.406. The van der Waals surface area contributed by atoms with E-state index in [2.05, 4.69) is 10.6 Å². The second-order valence-electron chi connectivity index (χ2n) is 5.78. The van der Waals surface area contributed by atoms with Gasteiger partial charge < -0.3 is 15.4 Å². The number of aryl methyl sites for hydroxylation is 1. The fourth-order valence-corrected chi connectivity index (χ4v) is 5.22. The van der Waals surface area contributed by atoms with Crippen LogP contribution in [0.3, 0.4) is 0 Å². The van der Waals surface area contributed by atoms with Gasteiger partial charge in [-0.2, -0.15) is 0 Å². The lowest BCUT2D eigenvalue weighted by Crippen LogP contribution is -2.25. The van der Waals surface area contributed by atoms with Gasteiger partial charge in [0.15, 0.2) is 0 Å². The fraction of sp³-hybridized carbons (Fsp3) is 0.412. The molecule has 2 N–H and O–H groups in total. The summed E-state index contributed by atoms with van der Waals surface area (Å²) in [7, 11) is 1.47. The molecule has 0 unspecified atom stereocenters. The summed E-state index contributed by atoms with van der Waals surface area (Å²) in [5.41, 5.74) is 1.68. The van der Waals surface area contributed by atoms with Gasteiger partial charge in [0.25, 0.3) is 11.8 Å². The number of rotatable bonds is 6. The van der Waals surface area contributed by atoms with Crippen molar-refractivity contribution in [1.82, 2.24) is 5.32 Å². The van der Waals surface area contributed by atoms with Gasteiger partial charge in [0.1, 0.15) is 11.6 Å². The Morgan fingerprint density at radius 2 is 2.04 bits per heavy atom. The van der Waals surface area contributed by atoms with Crippen LogP contribution in [0.2, 0.25) is 4.34 Å². The van der Waals surface area contributed by atoms with Gasteiger partial charge in [-0.3, -0.25) is 9.59 Å². The molecule has 0 aromatic carbocycles. The van der Waals surface area contributed by atoms with Gasteiger partial charge in [-0.05, 0) is 43.4 Å². The van der Waals surface area contributed by atoms with Gasteiger partial charge in [-0.1, -0.05) is 11.6 Å². The quantitative estimate of drug-likeness (QED) is 0.776. The third-order valence-corrected chi connectivity index (χ3v) is 6.42. The number of carbonyl (C=O) groups is 2. The zero-order valence-corrected chi connectivity index (χ0v) is 16.2. The Morgan fingerprint density at radius 1 is 1.24 bits per heavy atom. The Hall–Kier alpha value is -1.41. The third-order valence-electron chi connectivity index (χ3n) is 3.98. The molecule has 134 valence electrons. The monoisotopic (exact) mass is 398 g/mol. The summed E-state index contributed by atoms with van der Waals surface area (Å²) in [4.78, 5) is 26.9. The van der Waals surface area contributed by atoms with Crippen LogP contribution in [-0.4, -0.2) is 25.5 Å². The molecule has 3 rings (SSSR count). The normalized spacial score (nSPS) is 13.4. The summed E-state index contributed by atoms with van der Waals surface area (Å²) >= 11 is 8.88. The molecule has 1 aliphatic rings. The molecule has 5 nitrogen and oxygen atoms in total. The minimum atomic E-state index is -0.250. The van der Waals surface area contributed by atoms with Crippen LogP contribution in [0.25, 0.3) is 0 Å². The molecule has 2 amide bonds.